The molecular formula is C20H30N2O5. The van der Waals surface area contributed by atoms with Crippen LogP contribution in [0, 0.1) is 23.2 Å². The van der Waals surface area contributed by atoms with E-state index in [2.05, 4.69) is 0 Å². The summed E-state index contributed by atoms with van der Waals surface area (Å²) in [6, 6.07) is 0. The molecule has 0 aromatic heterocycles. The van der Waals surface area contributed by atoms with Crippen molar-refractivity contribution >= 4 is 17.8 Å². The summed E-state index contributed by atoms with van der Waals surface area (Å²) in [6.07, 6.45) is 6.01. The topological polar surface area (TPSA) is 87.1 Å². The highest BCUT2D eigenvalue weighted by atomic mass is 16.5. The minimum absolute atomic E-state index is 0.0118. The standard InChI is InChI=1S/C20H30N2O5/c23-17(21-8-3-4-9-21)15-5-1-2-6-16(15)18(24)22-11-14-12-27-10-7-20(14,13-22)19(25)26/h14-16H,1-13H2,(H,25,26)/t14-,15?,16?,20+/m0/s1. The van der Waals surface area contributed by atoms with Crippen molar-refractivity contribution in [3.05, 3.63) is 0 Å². The first-order valence-electron chi connectivity index (χ1n) is 10.4. The van der Waals surface area contributed by atoms with Crippen LogP contribution in [-0.2, 0) is 19.1 Å². The van der Waals surface area contributed by atoms with Crippen molar-refractivity contribution in [1.29, 1.82) is 0 Å². The summed E-state index contributed by atoms with van der Waals surface area (Å²) < 4.78 is 5.50. The Balaban J connectivity index is 1.50. The second-order valence-electron chi connectivity index (χ2n) is 8.73. The molecule has 4 rings (SSSR count). The molecule has 0 aromatic rings. The van der Waals surface area contributed by atoms with Crippen LogP contribution in [0.4, 0.5) is 0 Å². The Morgan fingerprint density at radius 1 is 0.926 bits per heavy atom. The van der Waals surface area contributed by atoms with Crippen LogP contribution in [0.5, 0.6) is 0 Å². The van der Waals surface area contributed by atoms with E-state index in [4.69, 9.17) is 4.74 Å². The summed E-state index contributed by atoms with van der Waals surface area (Å²) in [5.41, 5.74) is -0.878. The molecule has 7 heteroatoms. The van der Waals surface area contributed by atoms with Crippen LogP contribution in [0.2, 0.25) is 0 Å². The number of rotatable bonds is 3. The second kappa shape index (κ2) is 7.41. The third-order valence-electron chi connectivity index (χ3n) is 7.26. The molecule has 4 aliphatic rings. The first kappa shape index (κ1) is 18.7. The van der Waals surface area contributed by atoms with Gasteiger partial charge < -0.3 is 19.6 Å². The van der Waals surface area contributed by atoms with Gasteiger partial charge in [0, 0.05) is 50.5 Å². The molecule has 7 nitrogen and oxygen atoms in total. The molecule has 3 saturated heterocycles. The predicted octanol–water partition coefficient (Wildman–Crippen LogP) is 1.36. The monoisotopic (exact) mass is 378 g/mol. The van der Waals surface area contributed by atoms with Gasteiger partial charge in [-0.2, -0.15) is 0 Å². The fraction of sp³-hybridized carbons (Fsp3) is 0.850. The summed E-state index contributed by atoms with van der Waals surface area (Å²) >= 11 is 0. The van der Waals surface area contributed by atoms with E-state index < -0.39 is 11.4 Å². The summed E-state index contributed by atoms with van der Waals surface area (Å²) in [5.74, 6) is -1.37. The molecule has 0 spiro atoms. The van der Waals surface area contributed by atoms with Crippen molar-refractivity contribution < 1.29 is 24.2 Å². The fourth-order valence-electron chi connectivity index (χ4n) is 5.60. The van der Waals surface area contributed by atoms with Gasteiger partial charge in [0.1, 0.15) is 0 Å². The van der Waals surface area contributed by atoms with Crippen molar-refractivity contribution in [2.75, 3.05) is 39.4 Å². The number of hydrogen-bond donors (Lipinski definition) is 1. The number of fused-ring (bicyclic) bond motifs is 1. The van der Waals surface area contributed by atoms with Gasteiger partial charge in [0.2, 0.25) is 11.8 Å². The van der Waals surface area contributed by atoms with Crippen LogP contribution in [0.15, 0.2) is 0 Å². The molecule has 150 valence electrons. The smallest absolute Gasteiger partial charge is 0.311 e. The summed E-state index contributed by atoms with van der Waals surface area (Å²) in [5, 5.41) is 9.84. The summed E-state index contributed by atoms with van der Waals surface area (Å²) in [4.78, 5) is 42.0. The number of nitrogens with zero attached hydrogens (tertiary/aromatic N) is 2. The third kappa shape index (κ3) is 3.24. The van der Waals surface area contributed by atoms with Gasteiger partial charge in [-0.25, -0.2) is 0 Å². The van der Waals surface area contributed by atoms with Crippen molar-refractivity contribution in [3.63, 3.8) is 0 Å². The molecule has 1 aliphatic carbocycles. The molecule has 27 heavy (non-hydrogen) atoms. The molecule has 0 bridgehead atoms. The quantitative estimate of drug-likeness (QED) is 0.801. The fourth-order valence-corrected chi connectivity index (χ4v) is 5.60. The van der Waals surface area contributed by atoms with Crippen LogP contribution in [0.1, 0.15) is 44.9 Å². The Bertz CT molecular complexity index is 617. The van der Waals surface area contributed by atoms with Crippen molar-refractivity contribution in [2.45, 2.75) is 44.9 Å². The molecule has 2 unspecified atom stereocenters. The number of ether oxygens (including phenoxy) is 1. The van der Waals surface area contributed by atoms with E-state index in [1.165, 1.54) is 0 Å². The normalized spacial score (nSPS) is 36.5. The number of likely N-dealkylation sites (tertiary alicyclic amines) is 2. The zero-order chi connectivity index (χ0) is 19.0. The number of carbonyl (C=O) groups is 3. The van der Waals surface area contributed by atoms with E-state index in [-0.39, 0.29) is 36.1 Å². The van der Waals surface area contributed by atoms with E-state index in [9.17, 15) is 19.5 Å². The third-order valence-corrected chi connectivity index (χ3v) is 7.26. The molecular weight excluding hydrogens is 348 g/mol. The molecule has 3 heterocycles. The lowest BCUT2D eigenvalue weighted by Gasteiger charge is -2.35. The van der Waals surface area contributed by atoms with Gasteiger partial charge in [-0.05, 0) is 32.1 Å². The highest BCUT2D eigenvalue weighted by Crippen LogP contribution is 2.44. The Kier molecular flexibility index (Phi) is 5.14. The zero-order valence-corrected chi connectivity index (χ0v) is 15.9. The van der Waals surface area contributed by atoms with Crippen LogP contribution >= 0.6 is 0 Å². The first-order valence-corrected chi connectivity index (χ1v) is 10.4. The van der Waals surface area contributed by atoms with Crippen LogP contribution in [0.25, 0.3) is 0 Å². The second-order valence-corrected chi connectivity index (χ2v) is 8.73. The van der Waals surface area contributed by atoms with Crippen LogP contribution in [-0.4, -0.2) is 72.1 Å². The van der Waals surface area contributed by atoms with Gasteiger partial charge in [-0.1, -0.05) is 12.8 Å². The highest BCUT2D eigenvalue weighted by Gasteiger charge is 2.56. The molecule has 4 atom stereocenters. The molecule has 3 aliphatic heterocycles. The van der Waals surface area contributed by atoms with Crippen LogP contribution < -0.4 is 0 Å². The SMILES string of the molecule is O=C(C1CCCCC1C(=O)N1C[C@H]2COCC[C@@]2(C(=O)O)C1)N1CCCC1. The molecule has 4 fully saturated rings. The highest BCUT2D eigenvalue weighted by molar-refractivity contribution is 5.89. The minimum Gasteiger partial charge on any atom is -0.481 e. The number of carboxylic acids is 1. The Labute approximate surface area is 160 Å². The minimum atomic E-state index is -0.878. The summed E-state index contributed by atoms with van der Waals surface area (Å²) in [7, 11) is 0. The lowest BCUT2D eigenvalue weighted by Crippen LogP contribution is -2.47. The maximum atomic E-state index is 13.4. The molecule has 0 radical (unpaired) electrons. The average molecular weight is 378 g/mol. The lowest BCUT2D eigenvalue weighted by molar-refractivity contribution is -0.158. The Morgan fingerprint density at radius 2 is 1.56 bits per heavy atom. The van der Waals surface area contributed by atoms with Crippen molar-refractivity contribution in [1.82, 2.24) is 9.80 Å². The van der Waals surface area contributed by atoms with Crippen molar-refractivity contribution in [3.8, 4) is 0 Å². The predicted molar refractivity (Wildman–Crippen MR) is 96.8 cm³/mol. The van der Waals surface area contributed by atoms with E-state index in [0.29, 0.717) is 26.2 Å². The Morgan fingerprint density at radius 3 is 2.15 bits per heavy atom. The summed E-state index contributed by atoms with van der Waals surface area (Å²) in [6.45, 7) is 3.15. The van der Waals surface area contributed by atoms with Crippen molar-refractivity contribution in [2.24, 2.45) is 23.2 Å². The van der Waals surface area contributed by atoms with E-state index in [1.54, 1.807) is 4.90 Å². The van der Waals surface area contributed by atoms with E-state index >= 15 is 0 Å². The molecule has 1 saturated carbocycles. The number of amides is 2. The average Bonchev–Trinajstić information content (AvgIpc) is 3.35. The largest absolute Gasteiger partial charge is 0.481 e. The van der Waals surface area contributed by atoms with Gasteiger partial charge in [0.05, 0.1) is 12.0 Å². The zero-order valence-electron chi connectivity index (χ0n) is 15.9. The maximum absolute atomic E-state index is 13.4. The number of carbonyl (C=O) groups excluding carboxylic acids is 2. The first-order chi connectivity index (χ1) is 13.0. The van der Waals surface area contributed by atoms with Gasteiger partial charge in [0.15, 0.2) is 0 Å². The van der Waals surface area contributed by atoms with E-state index in [1.807, 2.05) is 4.90 Å². The molecule has 1 N–H and O–H groups in total. The number of hydrogen-bond acceptors (Lipinski definition) is 4. The van der Waals surface area contributed by atoms with Gasteiger partial charge in [-0.3, -0.25) is 14.4 Å². The number of aliphatic carboxylic acids is 1. The van der Waals surface area contributed by atoms with Gasteiger partial charge in [-0.15, -0.1) is 0 Å². The van der Waals surface area contributed by atoms with Crippen LogP contribution in [0.3, 0.4) is 0 Å². The maximum Gasteiger partial charge on any atom is 0.311 e. The van der Waals surface area contributed by atoms with Gasteiger partial charge in [0.25, 0.3) is 0 Å². The Hall–Kier alpha value is -1.63. The van der Waals surface area contributed by atoms with E-state index in [0.717, 1.165) is 51.6 Å². The van der Waals surface area contributed by atoms with Gasteiger partial charge >= 0.3 is 5.97 Å². The number of carboxylic acid groups (broad SMARTS) is 1. The molecule has 2 amide bonds. The molecule has 0 aromatic carbocycles. The lowest BCUT2D eigenvalue weighted by atomic mass is 9.74.